The Hall–Kier alpha value is -2.99. The molecule has 114 valence electrons. The highest BCUT2D eigenvalue weighted by atomic mass is 16.3. The fraction of sp³-hybridized carbons (Fsp3) is 0.118. The first-order valence-corrected chi connectivity index (χ1v) is 7.07. The summed E-state index contributed by atoms with van der Waals surface area (Å²) in [7, 11) is 1.39. The molecule has 0 saturated heterocycles. The van der Waals surface area contributed by atoms with Gasteiger partial charge < -0.3 is 5.11 Å². The van der Waals surface area contributed by atoms with E-state index < -0.39 is 23.9 Å². The quantitative estimate of drug-likeness (QED) is 0.811. The number of amides is 3. The van der Waals surface area contributed by atoms with Crippen LogP contribution in [0.5, 0.6) is 0 Å². The van der Waals surface area contributed by atoms with E-state index in [2.05, 4.69) is 0 Å². The van der Waals surface area contributed by atoms with Crippen molar-refractivity contribution >= 4 is 23.4 Å². The van der Waals surface area contributed by atoms with Gasteiger partial charge in [-0.3, -0.25) is 24.2 Å². The lowest BCUT2D eigenvalue weighted by atomic mass is 10.0. The summed E-state index contributed by atoms with van der Waals surface area (Å²) in [4.78, 5) is 39.0. The third-order valence-electron chi connectivity index (χ3n) is 4.27. The van der Waals surface area contributed by atoms with Crippen molar-refractivity contribution in [2.75, 3.05) is 11.9 Å². The molecule has 0 bridgehead atoms. The Labute approximate surface area is 131 Å². The number of benzene rings is 2. The second-order valence-corrected chi connectivity index (χ2v) is 5.54. The number of aliphatic hydroxyl groups is 1. The van der Waals surface area contributed by atoms with Gasteiger partial charge >= 0.3 is 0 Å². The molecule has 2 aromatic carbocycles. The van der Waals surface area contributed by atoms with Crippen LogP contribution < -0.4 is 4.90 Å². The summed E-state index contributed by atoms with van der Waals surface area (Å²) in [5.74, 6) is -1.25. The van der Waals surface area contributed by atoms with E-state index in [1.54, 1.807) is 24.3 Å². The van der Waals surface area contributed by atoms with Crippen LogP contribution in [-0.4, -0.2) is 34.8 Å². The molecular formula is C17H12N2O4. The number of hydrogen-bond acceptors (Lipinski definition) is 4. The second kappa shape index (κ2) is 4.50. The zero-order valence-corrected chi connectivity index (χ0v) is 12.2. The van der Waals surface area contributed by atoms with Crippen LogP contribution in [0.4, 0.5) is 5.69 Å². The average molecular weight is 308 g/mol. The largest absolute Gasteiger partial charge is 0.369 e. The molecule has 1 atom stereocenters. The lowest BCUT2D eigenvalue weighted by Gasteiger charge is -2.20. The van der Waals surface area contributed by atoms with Gasteiger partial charge in [0.15, 0.2) is 6.23 Å². The van der Waals surface area contributed by atoms with E-state index in [9.17, 15) is 19.5 Å². The summed E-state index contributed by atoms with van der Waals surface area (Å²) in [5, 5.41) is 10.5. The van der Waals surface area contributed by atoms with Gasteiger partial charge in [-0.2, -0.15) is 0 Å². The number of rotatable bonds is 1. The highest BCUT2D eigenvalue weighted by Gasteiger charge is 2.41. The Kier molecular flexibility index (Phi) is 2.67. The molecule has 0 aromatic heterocycles. The van der Waals surface area contributed by atoms with Gasteiger partial charge in [0.25, 0.3) is 17.7 Å². The van der Waals surface area contributed by atoms with Crippen LogP contribution in [0.25, 0.3) is 0 Å². The van der Waals surface area contributed by atoms with Gasteiger partial charge in [-0.15, -0.1) is 0 Å². The SMILES string of the molecule is CN1C(=O)c2cc3c(cc2C1=O)C(O)N(c1ccccc1)C3=O. The number of imide groups is 1. The Balaban J connectivity index is 1.86. The molecular weight excluding hydrogens is 296 g/mol. The first-order chi connectivity index (χ1) is 11.0. The van der Waals surface area contributed by atoms with Gasteiger partial charge in [0.1, 0.15) is 0 Å². The molecule has 2 aromatic rings. The highest BCUT2D eigenvalue weighted by Crippen LogP contribution is 2.38. The van der Waals surface area contributed by atoms with E-state index in [1.165, 1.54) is 24.1 Å². The molecule has 4 rings (SSSR count). The molecule has 23 heavy (non-hydrogen) atoms. The minimum Gasteiger partial charge on any atom is -0.369 e. The minimum absolute atomic E-state index is 0.201. The minimum atomic E-state index is -1.18. The number of para-hydroxylation sites is 1. The number of fused-ring (bicyclic) bond motifs is 2. The lowest BCUT2D eigenvalue weighted by molar-refractivity contribution is 0.0693. The summed E-state index contributed by atoms with van der Waals surface area (Å²) in [6.45, 7) is 0. The molecule has 1 N–H and O–H groups in total. The first-order valence-electron chi connectivity index (χ1n) is 7.07. The van der Waals surface area contributed by atoms with Gasteiger partial charge in [0.2, 0.25) is 0 Å². The van der Waals surface area contributed by atoms with Crippen molar-refractivity contribution in [2.45, 2.75) is 6.23 Å². The van der Waals surface area contributed by atoms with E-state index in [4.69, 9.17) is 0 Å². The fourth-order valence-corrected chi connectivity index (χ4v) is 3.05. The standard InChI is InChI=1S/C17H12N2O4/c1-18-14(20)10-7-12-13(8-11(10)15(18)21)17(23)19(16(12)22)9-5-3-2-4-6-9/h2-8,16,22H,1H3. The third kappa shape index (κ3) is 1.69. The van der Waals surface area contributed by atoms with E-state index in [0.717, 1.165) is 4.90 Å². The number of anilines is 1. The summed E-state index contributed by atoms with van der Waals surface area (Å²) >= 11 is 0. The molecule has 0 radical (unpaired) electrons. The van der Waals surface area contributed by atoms with E-state index >= 15 is 0 Å². The Morgan fingerprint density at radius 2 is 1.48 bits per heavy atom. The van der Waals surface area contributed by atoms with Crippen LogP contribution in [0.2, 0.25) is 0 Å². The van der Waals surface area contributed by atoms with Crippen LogP contribution in [0.1, 0.15) is 42.9 Å². The van der Waals surface area contributed by atoms with Crippen molar-refractivity contribution < 1.29 is 19.5 Å². The van der Waals surface area contributed by atoms with Gasteiger partial charge in [-0.1, -0.05) is 18.2 Å². The fourth-order valence-electron chi connectivity index (χ4n) is 3.05. The maximum absolute atomic E-state index is 12.6. The van der Waals surface area contributed by atoms with Crippen LogP contribution in [0.3, 0.4) is 0 Å². The number of hydrogen-bond donors (Lipinski definition) is 1. The number of nitrogens with zero attached hydrogens (tertiary/aromatic N) is 2. The lowest BCUT2D eigenvalue weighted by Crippen LogP contribution is -2.27. The Bertz CT molecular complexity index is 876. The molecule has 3 amide bonds. The topological polar surface area (TPSA) is 77.9 Å². The van der Waals surface area contributed by atoms with Crippen LogP contribution >= 0.6 is 0 Å². The van der Waals surface area contributed by atoms with Crippen LogP contribution in [-0.2, 0) is 0 Å². The van der Waals surface area contributed by atoms with Crippen molar-refractivity contribution in [1.82, 2.24) is 4.90 Å². The molecule has 0 aliphatic carbocycles. The van der Waals surface area contributed by atoms with E-state index in [-0.39, 0.29) is 16.7 Å². The van der Waals surface area contributed by atoms with Crippen molar-refractivity contribution in [1.29, 1.82) is 0 Å². The maximum atomic E-state index is 12.6. The summed E-state index contributed by atoms with van der Waals surface area (Å²) in [6, 6.07) is 11.6. The molecule has 2 heterocycles. The average Bonchev–Trinajstić information content (AvgIpc) is 2.94. The van der Waals surface area contributed by atoms with Gasteiger partial charge in [0, 0.05) is 23.9 Å². The number of carbonyl (C=O) groups excluding carboxylic acids is 3. The van der Waals surface area contributed by atoms with Gasteiger partial charge in [0.05, 0.1) is 11.1 Å². The van der Waals surface area contributed by atoms with Gasteiger partial charge in [-0.05, 0) is 24.3 Å². The second-order valence-electron chi connectivity index (χ2n) is 5.54. The maximum Gasteiger partial charge on any atom is 0.261 e. The molecule has 1 unspecified atom stereocenters. The Morgan fingerprint density at radius 1 is 0.870 bits per heavy atom. The van der Waals surface area contributed by atoms with E-state index in [1.807, 2.05) is 6.07 Å². The van der Waals surface area contributed by atoms with E-state index in [0.29, 0.717) is 11.3 Å². The predicted octanol–water partition coefficient (Wildman–Crippen LogP) is 1.56. The molecule has 6 heteroatoms. The Morgan fingerprint density at radius 3 is 2.13 bits per heavy atom. The monoisotopic (exact) mass is 308 g/mol. The van der Waals surface area contributed by atoms with Crippen molar-refractivity contribution in [3.05, 3.63) is 64.7 Å². The summed E-state index contributed by atoms with van der Waals surface area (Å²) in [6.07, 6.45) is -1.18. The normalized spacial score (nSPS) is 19.4. The molecule has 0 saturated carbocycles. The molecule has 0 spiro atoms. The van der Waals surface area contributed by atoms with Crippen molar-refractivity contribution in [3.8, 4) is 0 Å². The highest BCUT2D eigenvalue weighted by molar-refractivity contribution is 6.23. The zero-order chi connectivity index (χ0) is 16.3. The molecule has 2 aliphatic rings. The summed E-state index contributed by atoms with van der Waals surface area (Å²) in [5.41, 5.74) is 1.56. The first kappa shape index (κ1) is 13.7. The predicted molar refractivity (Wildman–Crippen MR) is 81.1 cm³/mol. The number of carbonyl (C=O) groups is 3. The molecule has 2 aliphatic heterocycles. The molecule has 6 nitrogen and oxygen atoms in total. The van der Waals surface area contributed by atoms with Crippen molar-refractivity contribution in [3.63, 3.8) is 0 Å². The number of aliphatic hydroxyl groups excluding tert-OH is 1. The third-order valence-corrected chi connectivity index (χ3v) is 4.27. The van der Waals surface area contributed by atoms with Crippen LogP contribution in [0.15, 0.2) is 42.5 Å². The summed E-state index contributed by atoms with van der Waals surface area (Å²) < 4.78 is 0. The molecule has 0 fully saturated rings. The van der Waals surface area contributed by atoms with Crippen molar-refractivity contribution in [2.24, 2.45) is 0 Å². The van der Waals surface area contributed by atoms with Crippen LogP contribution in [0, 0.1) is 0 Å². The van der Waals surface area contributed by atoms with Gasteiger partial charge in [-0.25, -0.2) is 0 Å². The zero-order valence-electron chi connectivity index (χ0n) is 12.2. The smallest absolute Gasteiger partial charge is 0.261 e.